The van der Waals surface area contributed by atoms with Crippen molar-refractivity contribution in [1.29, 1.82) is 0 Å². The second kappa shape index (κ2) is 10.6. The average molecular weight is 531 g/mol. The minimum atomic E-state index is -3.66. The van der Waals surface area contributed by atoms with Gasteiger partial charge in [-0.05, 0) is 0 Å². The van der Waals surface area contributed by atoms with Gasteiger partial charge in [-0.25, -0.2) is 0 Å². The van der Waals surface area contributed by atoms with E-state index in [-0.39, 0.29) is 24.7 Å². The number of hydrogen-bond donors (Lipinski definition) is 0. The average Bonchev–Trinajstić information content (AvgIpc) is 2.76. The van der Waals surface area contributed by atoms with Gasteiger partial charge in [-0.3, -0.25) is 0 Å². The normalized spacial score (nSPS) is 24.6. The Hall–Kier alpha value is -0.581. The summed E-state index contributed by atoms with van der Waals surface area (Å²) in [5.41, 5.74) is 1.44. The molecule has 1 unspecified atom stereocenters. The van der Waals surface area contributed by atoms with Crippen LogP contribution >= 0.6 is 13.8 Å². The molecule has 1 heterocycles. The molecular weight excluding hydrogens is 501 g/mol. The van der Waals surface area contributed by atoms with Crippen molar-refractivity contribution in [2.45, 2.75) is 39.6 Å². The SMILES string of the molecule is CCOP(=O)(OCC)C(O[P@]1(=[Se])OCC(C)(C)[C@H](c2ccccc2)O1)c1ccccc1. The fraction of sp³-hybridized carbons (Fsp3) is 0.455. The Balaban J connectivity index is 1.96. The summed E-state index contributed by atoms with van der Waals surface area (Å²) in [6.07, 6.45) is -3.24. The van der Waals surface area contributed by atoms with Crippen LogP contribution in [0.25, 0.3) is 0 Å². The van der Waals surface area contributed by atoms with Crippen molar-refractivity contribution in [3.05, 3.63) is 71.8 Å². The van der Waals surface area contributed by atoms with Crippen LogP contribution in [0, 0.1) is 5.41 Å². The quantitative estimate of drug-likeness (QED) is 0.268. The molecule has 9 heteroatoms. The molecule has 31 heavy (non-hydrogen) atoms. The van der Waals surface area contributed by atoms with Crippen molar-refractivity contribution >= 4 is 28.9 Å². The first-order valence-electron chi connectivity index (χ1n) is 10.3. The van der Waals surface area contributed by atoms with Crippen LogP contribution in [0.15, 0.2) is 60.7 Å². The van der Waals surface area contributed by atoms with E-state index in [9.17, 15) is 4.57 Å². The first kappa shape index (κ1) is 25.1. The zero-order chi connectivity index (χ0) is 22.5. The number of hydrogen-bond acceptors (Lipinski definition) is 6. The molecule has 1 aliphatic heterocycles. The predicted molar refractivity (Wildman–Crippen MR) is 124 cm³/mol. The summed E-state index contributed by atoms with van der Waals surface area (Å²) in [6, 6.07) is 19.3. The molecule has 1 fully saturated rings. The Morgan fingerprint density at radius 3 is 2.16 bits per heavy atom. The minimum absolute atomic E-state index is 0.226. The first-order chi connectivity index (χ1) is 14.7. The summed E-state index contributed by atoms with van der Waals surface area (Å²) in [5, 5.41) is 0. The van der Waals surface area contributed by atoms with E-state index in [0.29, 0.717) is 12.2 Å². The van der Waals surface area contributed by atoms with Crippen LogP contribution in [-0.2, 0) is 27.2 Å². The Labute approximate surface area is 192 Å². The standard InChI is InChI=1S/C22H30O6P2Se/c1-5-24-29(23,25-6-2)21(19-15-11-8-12-16-19)28-30(31)26-17-22(3,4)20(27-30)18-13-9-7-10-14-18/h7-16,20-21H,5-6,17H2,1-4H3/t20-,21?,30-/m0/s1. The summed E-state index contributed by atoms with van der Waals surface area (Å²) < 4.78 is 43.9. The van der Waals surface area contributed by atoms with Crippen molar-refractivity contribution < 1.29 is 27.2 Å². The van der Waals surface area contributed by atoms with Gasteiger partial charge in [0.05, 0.1) is 0 Å². The van der Waals surface area contributed by atoms with Crippen LogP contribution in [0.1, 0.15) is 50.8 Å². The second-order valence-corrected chi connectivity index (χ2v) is 14.3. The predicted octanol–water partition coefficient (Wildman–Crippen LogP) is 6.63. The molecule has 0 bridgehead atoms. The molecule has 0 amide bonds. The monoisotopic (exact) mass is 532 g/mol. The summed E-state index contributed by atoms with van der Waals surface area (Å²) in [7, 11) is -3.66. The van der Waals surface area contributed by atoms with Gasteiger partial charge in [0.15, 0.2) is 0 Å². The molecule has 3 rings (SSSR count). The van der Waals surface area contributed by atoms with Gasteiger partial charge in [-0.15, -0.1) is 0 Å². The van der Waals surface area contributed by atoms with Gasteiger partial charge in [0.1, 0.15) is 0 Å². The van der Waals surface area contributed by atoms with Crippen LogP contribution in [-0.4, -0.2) is 34.9 Å². The van der Waals surface area contributed by atoms with Crippen LogP contribution < -0.4 is 0 Å². The molecule has 6 nitrogen and oxygen atoms in total. The Bertz CT molecular complexity index is 928. The van der Waals surface area contributed by atoms with Gasteiger partial charge >= 0.3 is 193 Å². The molecule has 0 spiro atoms. The Morgan fingerprint density at radius 2 is 1.61 bits per heavy atom. The van der Waals surface area contributed by atoms with Crippen molar-refractivity contribution in [3.8, 4) is 0 Å². The third kappa shape index (κ3) is 6.06. The fourth-order valence-corrected chi connectivity index (χ4v) is 9.37. The van der Waals surface area contributed by atoms with E-state index >= 15 is 0 Å². The van der Waals surface area contributed by atoms with E-state index < -0.39 is 19.6 Å². The zero-order valence-corrected chi connectivity index (χ0v) is 21.8. The molecule has 0 saturated carbocycles. The van der Waals surface area contributed by atoms with Crippen LogP contribution in [0.3, 0.4) is 0 Å². The van der Waals surface area contributed by atoms with E-state index in [1.807, 2.05) is 60.7 Å². The van der Waals surface area contributed by atoms with E-state index in [1.54, 1.807) is 13.8 Å². The van der Waals surface area contributed by atoms with Crippen LogP contribution in [0.4, 0.5) is 0 Å². The number of benzene rings is 2. The van der Waals surface area contributed by atoms with Crippen molar-refractivity contribution in [3.63, 3.8) is 0 Å². The van der Waals surface area contributed by atoms with Gasteiger partial charge in [-0.2, -0.15) is 0 Å². The molecule has 1 saturated heterocycles. The van der Waals surface area contributed by atoms with Crippen molar-refractivity contribution in [2.24, 2.45) is 5.41 Å². The third-order valence-corrected chi connectivity index (χ3v) is 10.4. The zero-order valence-electron chi connectivity index (χ0n) is 18.3. The molecule has 1 aliphatic rings. The van der Waals surface area contributed by atoms with Gasteiger partial charge in [-0.1, -0.05) is 0 Å². The van der Waals surface area contributed by atoms with Gasteiger partial charge in [0, 0.05) is 0 Å². The molecule has 0 aromatic heterocycles. The summed E-state index contributed by atoms with van der Waals surface area (Å²) in [5.74, 6) is -0.985. The molecule has 0 aliphatic carbocycles. The van der Waals surface area contributed by atoms with Gasteiger partial charge in [0.25, 0.3) is 0 Å². The van der Waals surface area contributed by atoms with E-state index in [2.05, 4.69) is 28.9 Å². The number of rotatable bonds is 9. The molecule has 2 aromatic rings. The Kier molecular flexibility index (Phi) is 8.54. The van der Waals surface area contributed by atoms with E-state index in [4.69, 9.17) is 22.6 Å². The molecular formula is C22H30O6P2Se. The molecule has 0 radical (unpaired) electrons. The Morgan fingerprint density at radius 1 is 1.06 bits per heavy atom. The van der Waals surface area contributed by atoms with E-state index in [1.165, 1.54) is 0 Å². The topological polar surface area (TPSA) is 63.2 Å². The summed E-state index contributed by atoms with van der Waals surface area (Å²) in [6.45, 7) is 8.61. The summed E-state index contributed by atoms with van der Waals surface area (Å²) in [4.78, 5) is 0. The molecule has 3 atom stereocenters. The first-order valence-corrected chi connectivity index (χ1v) is 15.7. The van der Waals surface area contributed by atoms with Crippen LogP contribution in [0.2, 0.25) is 0 Å². The van der Waals surface area contributed by atoms with E-state index in [0.717, 1.165) is 5.56 Å². The molecule has 170 valence electrons. The van der Waals surface area contributed by atoms with Gasteiger partial charge in [0.2, 0.25) is 0 Å². The third-order valence-electron chi connectivity index (χ3n) is 4.86. The van der Waals surface area contributed by atoms with Crippen molar-refractivity contribution in [2.75, 3.05) is 19.8 Å². The summed E-state index contributed by atoms with van der Waals surface area (Å²) >= 11 is 3.00. The maximum atomic E-state index is 13.7. The molecule has 2 aromatic carbocycles. The molecule has 0 N–H and O–H groups in total. The van der Waals surface area contributed by atoms with Crippen molar-refractivity contribution in [1.82, 2.24) is 0 Å². The van der Waals surface area contributed by atoms with Gasteiger partial charge < -0.3 is 0 Å². The maximum absolute atomic E-state index is 13.7. The second-order valence-electron chi connectivity index (χ2n) is 7.85. The fourth-order valence-electron chi connectivity index (χ4n) is 3.39. The van der Waals surface area contributed by atoms with Crippen LogP contribution in [0.5, 0.6) is 0 Å².